The third-order valence-electron chi connectivity index (χ3n) is 8.53. The maximum atomic E-state index is 11.4. The first-order valence-corrected chi connectivity index (χ1v) is 14.7. The van der Waals surface area contributed by atoms with Crippen LogP contribution in [0.1, 0.15) is 28.7 Å². The first-order valence-electron chi connectivity index (χ1n) is 14.7. The Labute approximate surface area is 259 Å². The number of nitrogens with zero attached hydrogens (tertiary/aromatic N) is 6. The van der Waals surface area contributed by atoms with Crippen molar-refractivity contribution in [3.63, 3.8) is 0 Å². The van der Waals surface area contributed by atoms with Gasteiger partial charge in [-0.2, -0.15) is 5.26 Å². The number of aliphatic carboxylic acids is 1. The molecule has 7 rings (SSSR count). The molecule has 222 valence electrons. The van der Waals surface area contributed by atoms with Gasteiger partial charge in [-0.3, -0.25) is 14.7 Å². The van der Waals surface area contributed by atoms with Crippen molar-refractivity contribution in [3.8, 4) is 28.7 Å². The van der Waals surface area contributed by atoms with Gasteiger partial charge in [-0.05, 0) is 91.0 Å². The zero-order chi connectivity index (χ0) is 31.1. The molecule has 6 aromatic rings. The largest absolute Gasteiger partial charge is 0.481 e. The summed E-state index contributed by atoms with van der Waals surface area (Å²) in [5, 5.41) is 22.8. The zero-order valence-corrected chi connectivity index (χ0v) is 24.8. The quantitative estimate of drug-likeness (QED) is 0.206. The van der Waals surface area contributed by atoms with Crippen molar-refractivity contribution in [2.45, 2.75) is 26.8 Å². The highest BCUT2D eigenvalue weighted by Crippen LogP contribution is 2.37. The van der Waals surface area contributed by atoms with Crippen LogP contribution in [0, 0.1) is 31.1 Å². The van der Waals surface area contributed by atoms with Gasteiger partial charge in [0.1, 0.15) is 23.4 Å². The molecule has 3 aromatic heterocycles. The van der Waals surface area contributed by atoms with Gasteiger partial charge in [-0.15, -0.1) is 0 Å². The Morgan fingerprint density at radius 3 is 2.62 bits per heavy atom. The Morgan fingerprint density at radius 1 is 1.02 bits per heavy atom. The molecule has 1 atom stereocenters. The summed E-state index contributed by atoms with van der Waals surface area (Å²) >= 11 is 0. The lowest BCUT2D eigenvalue weighted by atomic mass is 9.93. The van der Waals surface area contributed by atoms with Crippen LogP contribution in [0.15, 0.2) is 77.6 Å². The molecule has 3 aromatic carbocycles. The molecule has 1 aliphatic heterocycles. The summed E-state index contributed by atoms with van der Waals surface area (Å²) in [4.78, 5) is 31.6. The van der Waals surface area contributed by atoms with Crippen molar-refractivity contribution in [1.82, 2.24) is 24.8 Å². The lowest BCUT2D eigenvalue weighted by Gasteiger charge is -2.16. The van der Waals surface area contributed by atoms with E-state index in [4.69, 9.17) is 9.40 Å². The number of benzene rings is 3. The maximum Gasteiger partial charge on any atom is 0.307 e. The van der Waals surface area contributed by atoms with Crippen LogP contribution in [0.2, 0.25) is 0 Å². The maximum absolute atomic E-state index is 11.4. The summed E-state index contributed by atoms with van der Waals surface area (Å²) in [6.07, 6.45) is 3.88. The number of carbonyl (C=O) groups is 1. The highest BCUT2D eigenvalue weighted by atomic mass is 16.4. The fraction of sp³-hybridized carbons (Fsp3) is 0.200. The molecule has 0 radical (unpaired) electrons. The highest BCUT2D eigenvalue weighted by Gasteiger charge is 2.28. The SMILES string of the molecule is Cc1c(Nc2ncnc3cccnc23)cccc1-c1cccc(-c2nc3cc(CN4CCC(C(=O)O)C4)cc(C#N)c3o2)c1C. The minimum atomic E-state index is -0.765. The summed E-state index contributed by atoms with van der Waals surface area (Å²) < 4.78 is 6.24. The normalized spacial score (nSPS) is 15.0. The lowest BCUT2D eigenvalue weighted by molar-refractivity contribution is -0.141. The number of carboxylic acid groups (broad SMARTS) is 1. The monoisotopic (exact) mass is 595 g/mol. The summed E-state index contributed by atoms with van der Waals surface area (Å²) in [5.41, 5.74) is 9.68. The molecule has 4 heterocycles. The molecule has 0 aliphatic carbocycles. The van der Waals surface area contributed by atoms with E-state index in [2.05, 4.69) is 50.3 Å². The van der Waals surface area contributed by atoms with E-state index in [1.165, 1.54) is 6.33 Å². The van der Waals surface area contributed by atoms with E-state index in [1.807, 2.05) is 55.5 Å². The van der Waals surface area contributed by atoms with E-state index in [1.54, 1.807) is 6.20 Å². The van der Waals surface area contributed by atoms with Crippen LogP contribution < -0.4 is 5.32 Å². The second kappa shape index (κ2) is 11.4. The van der Waals surface area contributed by atoms with E-state index in [0.717, 1.165) is 44.6 Å². The van der Waals surface area contributed by atoms with Gasteiger partial charge in [-0.25, -0.2) is 15.0 Å². The molecular weight excluding hydrogens is 566 g/mol. The van der Waals surface area contributed by atoms with Gasteiger partial charge in [0.05, 0.1) is 17.0 Å². The number of pyridine rings is 1. The third kappa shape index (κ3) is 5.24. The first kappa shape index (κ1) is 28.1. The number of fused-ring (bicyclic) bond motifs is 2. The van der Waals surface area contributed by atoms with Crippen LogP contribution in [-0.2, 0) is 11.3 Å². The van der Waals surface area contributed by atoms with Gasteiger partial charge < -0.3 is 14.8 Å². The molecule has 2 N–H and O–H groups in total. The number of nitrogens with one attached hydrogen (secondary N) is 1. The van der Waals surface area contributed by atoms with Crippen molar-refractivity contribution < 1.29 is 14.3 Å². The van der Waals surface area contributed by atoms with Gasteiger partial charge in [0.2, 0.25) is 5.89 Å². The molecule has 45 heavy (non-hydrogen) atoms. The molecule has 1 unspecified atom stereocenters. The molecular formula is C35H29N7O3. The van der Waals surface area contributed by atoms with Crippen molar-refractivity contribution in [3.05, 3.63) is 95.4 Å². The van der Waals surface area contributed by atoms with E-state index < -0.39 is 5.97 Å². The van der Waals surface area contributed by atoms with Crippen LogP contribution >= 0.6 is 0 Å². The third-order valence-corrected chi connectivity index (χ3v) is 8.53. The van der Waals surface area contributed by atoms with Crippen LogP contribution in [0.4, 0.5) is 11.5 Å². The number of nitriles is 1. The molecule has 1 saturated heterocycles. The van der Waals surface area contributed by atoms with Crippen molar-refractivity contribution in [1.29, 1.82) is 5.26 Å². The number of oxazole rings is 1. The summed E-state index contributed by atoms with van der Waals surface area (Å²) in [7, 11) is 0. The van der Waals surface area contributed by atoms with Gasteiger partial charge in [0.25, 0.3) is 0 Å². The van der Waals surface area contributed by atoms with Gasteiger partial charge >= 0.3 is 5.97 Å². The van der Waals surface area contributed by atoms with E-state index in [-0.39, 0.29) is 5.92 Å². The number of likely N-dealkylation sites (tertiary alicyclic amines) is 1. The van der Waals surface area contributed by atoms with E-state index >= 15 is 0 Å². The second-order valence-corrected chi connectivity index (χ2v) is 11.4. The Morgan fingerprint density at radius 2 is 1.82 bits per heavy atom. The highest BCUT2D eigenvalue weighted by molar-refractivity contribution is 5.89. The van der Waals surface area contributed by atoms with Crippen LogP contribution in [0.5, 0.6) is 0 Å². The van der Waals surface area contributed by atoms with Crippen LogP contribution in [-0.4, -0.2) is 49.0 Å². The predicted octanol–water partition coefficient (Wildman–Crippen LogP) is 6.64. The first-order chi connectivity index (χ1) is 21.9. The molecule has 10 nitrogen and oxygen atoms in total. The predicted molar refractivity (Wildman–Crippen MR) is 171 cm³/mol. The topological polar surface area (TPSA) is 141 Å². The average molecular weight is 596 g/mol. The number of carboxylic acids is 1. The number of anilines is 2. The summed E-state index contributed by atoms with van der Waals surface area (Å²) in [6.45, 7) is 5.86. The fourth-order valence-corrected chi connectivity index (χ4v) is 6.15. The standard InChI is InChI=1S/C35H29N7O3/c1-20-25(26-7-4-9-28(21(26)2)40-33-31-29(38-19-39-33)10-5-12-37-31)6-3-8-27(20)34-41-30-15-22(14-24(16-36)32(30)45-34)17-42-13-11-23(18-42)35(43)44/h3-10,12,14-15,19,23H,11,13,17-18H2,1-2H3,(H,43,44)(H,38,39,40). The van der Waals surface area contributed by atoms with Gasteiger partial charge in [-0.1, -0.05) is 24.3 Å². The number of hydrogen-bond acceptors (Lipinski definition) is 9. The second-order valence-electron chi connectivity index (χ2n) is 11.4. The van der Waals surface area contributed by atoms with Crippen molar-refractivity contribution in [2.75, 3.05) is 18.4 Å². The Hall–Kier alpha value is -5.66. The number of hydrogen-bond donors (Lipinski definition) is 2. The minimum Gasteiger partial charge on any atom is -0.481 e. The van der Waals surface area contributed by atoms with E-state index in [0.29, 0.717) is 59.9 Å². The molecule has 0 bridgehead atoms. The fourth-order valence-electron chi connectivity index (χ4n) is 6.15. The van der Waals surface area contributed by atoms with Gasteiger partial charge in [0, 0.05) is 30.5 Å². The Kier molecular flexibility index (Phi) is 7.16. The molecule has 1 aliphatic rings. The van der Waals surface area contributed by atoms with Crippen LogP contribution in [0.3, 0.4) is 0 Å². The molecule has 0 spiro atoms. The number of rotatable bonds is 7. The van der Waals surface area contributed by atoms with E-state index in [9.17, 15) is 15.2 Å². The lowest BCUT2D eigenvalue weighted by Crippen LogP contribution is -2.22. The Bertz CT molecular complexity index is 2140. The van der Waals surface area contributed by atoms with Crippen LogP contribution in [0.25, 0.3) is 44.7 Å². The smallest absolute Gasteiger partial charge is 0.307 e. The Balaban J connectivity index is 1.22. The minimum absolute atomic E-state index is 0.359. The summed E-state index contributed by atoms with van der Waals surface area (Å²) in [5.74, 6) is -0.0471. The zero-order valence-electron chi connectivity index (χ0n) is 24.8. The molecule has 10 heteroatoms. The average Bonchev–Trinajstić information content (AvgIpc) is 3.70. The number of aromatic nitrogens is 4. The van der Waals surface area contributed by atoms with Crippen molar-refractivity contribution in [2.24, 2.45) is 5.92 Å². The molecule has 0 amide bonds. The van der Waals surface area contributed by atoms with Crippen molar-refractivity contribution >= 4 is 39.6 Å². The molecule has 0 saturated carbocycles. The summed E-state index contributed by atoms with van der Waals surface area (Å²) in [6, 6.07) is 21.9. The van der Waals surface area contributed by atoms with Gasteiger partial charge in [0.15, 0.2) is 11.4 Å². The molecule has 1 fully saturated rings.